The summed E-state index contributed by atoms with van der Waals surface area (Å²) in [6, 6.07) is 9.07. The van der Waals surface area contributed by atoms with Crippen molar-refractivity contribution in [3.63, 3.8) is 0 Å². The maximum atomic E-state index is 12.1. The van der Waals surface area contributed by atoms with Gasteiger partial charge in [-0.3, -0.25) is 9.59 Å². The van der Waals surface area contributed by atoms with Crippen LogP contribution in [0.1, 0.15) is 38.1 Å². The van der Waals surface area contributed by atoms with Crippen LogP contribution >= 0.6 is 0 Å². The summed E-state index contributed by atoms with van der Waals surface area (Å²) in [7, 11) is 0. The number of hydrogen-bond donors (Lipinski definition) is 1. The molecule has 3 rings (SSSR count). The summed E-state index contributed by atoms with van der Waals surface area (Å²) in [6.45, 7) is 2.49. The van der Waals surface area contributed by atoms with Crippen molar-refractivity contribution in [3.8, 4) is 11.4 Å². The van der Waals surface area contributed by atoms with Crippen LogP contribution in [-0.4, -0.2) is 39.9 Å². The summed E-state index contributed by atoms with van der Waals surface area (Å²) in [4.78, 5) is 29.8. The van der Waals surface area contributed by atoms with Crippen molar-refractivity contribution < 1.29 is 14.1 Å². The normalized spacial score (nSPS) is 16.0. The monoisotopic (exact) mass is 328 g/mol. The van der Waals surface area contributed by atoms with E-state index in [-0.39, 0.29) is 18.4 Å². The predicted octanol–water partition coefficient (Wildman–Crippen LogP) is 1.93. The molecule has 1 atom stereocenters. The molecule has 0 radical (unpaired) electrons. The molecule has 2 amide bonds. The summed E-state index contributed by atoms with van der Waals surface area (Å²) in [5, 5.41) is 6.74. The van der Waals surface area contributed by atoms with Gasteiger partial charge in [0, 0.05) is 18.5 Å². The third-order valence-electron chi connectivity index (χ3n) is 3.98. The second kappa shape index (κ2) is 7.25. The fourth-order valence-electron chi connectivity index (χ4n) is 2.67. The second-order valence-electron chi connectivity index (χ2n) is 5.88. The molecular weight excluding hydrogens is 308 g/mol. The molecule has 24 heavy (non-hydrogen) atoms. The zero-order valence-corrected chi connectivity index (χ0v) is 13.6. The van der Waals surface area contributed by atoms with Gasteiger partial charge in [-0.05, 0) is 19.8 Å². The quantitative estimate of drug-likeness (QED) is 0.906. The molecule has 1 N–H and O–H groups in total. The lowest BCUT2D eigenvalue weighted by Crippen LogP contribution is -2.43. The number of nitrogens with zero attached hydrogens (tertiary/aromatic N) is 3. The van der Waals surface area contributed by atoms with E-state index in [1.165, 1.54) is 0 Å². The first-order valence-electron chi connectivity index (χ1n) is 8.09. The number of rotatable bonds is 5. The summed E-state index contributed by atoms with van der Waals surface area (Å²) in [6.07, 6.45) is 2.36. The predicted molar refractivity (Wildman–Crippen MR) is 86.7 cm³/mol. The van der Waals surface area contributed by atoms with E-state index >= 15 is 0 Å². The highest BCUT2D eigenvalue weighted by atomic mass is 16.5. The highest BCUT2D eigenvalue weighted by Gasteiger charge is 2.22. The van der Waals surface area contributed by atoms with Gasteiger partial charge in [-0.1, -0.05) is 35.5 Å². The lowest BCUT2D eigenvalue weighted by molar-refractivity contribution is -0.138. The van der Waals surface area contributed by atoms with Gasteiger partial charge in [-0.25, -0.2) is 0 Å². The van der Waals surface area contributed by atoms with Crippen LogP contribution in [0.25, 0.3) is 11.4 Å². The Kier molecular flexibility index (Phi) is 4.88. The number of hydrogen-bond acceptors (Lipinski definition) is 5. The van der Waals surface area contributed by atoms with Crippen molar-refractivity contribution in [3.05, 3.63) is 36.2 Å². The molecule has 0 bridgehead atoms. The lowest BCUT2D eigenvalue weighted by atomic mass is 10.1. The van der Waals surface area contributed by atoms with Crippen molar-refractivity contribution in [1.29, 1.82) is 0 Å². The van der Waals surface area contributed by atoms with Crippen LogP contribution < -0.4 is 5.32 Å². The Morgan fingerprint density at radius 3 is 2.88 bits per heavy atom. The smallest absolute Gasteiger partial charge is 0.249 e. The van der Waals surface area contributed by atoms with Gasteiger partial charge in [0.1, 0.15) is 6.04 Å². The Morgan fingerprint density at radius 2 is 2.12 bits per heavy atom. The number of carbonyl (C=O) groups is 2. The first-order valence-corrected chi connectivity index (χ1v) is 8.09. The third kappa shape index (κ3) is 3.79. The molecule has 1 saturated heterocycles. The van der Waals surface area contributed by atoms with Crippen LogP contribution in [0.5, 0.6) is 0 Å². The van der Waals surface area contributed by atoms with E-state index in [0.29, 0.717) is 24.7 Å². The molecule has 1 aromatic carbocycles. The molecule has 0 saturated carbocycles. The number of likely N-dealkylation sites (tertiary alicyclic amines) is 1. The molecular formula is C17H20N4O3. The molecule has 0 spiro atoms. The van der Waals surface area contributed by atoms with Gasteiger partial charge in [0.25, 0.3) is 0 Å². The van der Waals surface area contributed by atoms with Crippen molar-refractivity contribution in [2.75, 3.05) is 13.1 Å². The summed E-state index contributed by atoms with van der Waals surface area (Å²) < 4.78 is 5.24. The van der Waals surface area contributed by atoms with Gasteiger partial charge in [-0.15, -0.1) is 0 Å². The Morgan fingerprint density at radius 1 is 1.33 bits per heavy atom. The minimum atomic E-state index is -0.414. The van der Waals surface area contributed by atoms with E-state index in [1.807, 2.05) is 30.3 Å². The Bertz CT molecular complexity index is 714. The maximum Gasteiger partial charge on any atom is 0.249 e. The first kappa shape index (κ1) is 16.2. The topological polar surface area (TPSA) is 88.3 Å². The number of carbonyl (C=O) groups excluding carboxylic acids is 2. The second-order valence-corrected chi connectivity index (χ2v) is 5.88. The van der Waals surface area contributed by atoms with Gasteiger partial charge in [-0.2, -0.15) is 4.98 Å². The number of aromatic nitrogens is 2. The van der Waals surface area contributed by atoms with E-state index in [4.69, 9.17) is 4.52 Å². The fourth-order valence-corrected chi connectivity index (χ4v) is 2.67. The number of nitrogens with one attached hydrogen (secondary N) is 1. The number of piperidine rings is 1. The molecule has 0 aliphatic carbocycles. The van der Waals surface area contributed by atoms with Gasteiger partial charge >= 0.3 is 0 Å². The summed E-state index contributed by atoms with van der Waals surface area (Å²) in [5.41, 5.74) is 0.852. The van der Waals surface area contributed by atoms with Gasteiger partial charge < -0.3 is 14.7 Å². The van der Waals surface area contributed by atoms with Crippen molar-refractivity contribution in [1.82, 2.24) is 20.4 Å². The van der Waals surface area contributed by atoms with Crippen molar-refractivity contribution >= 4 is 11.8 Å². The average molecular weight is 328 g/mol. The zero-order valence-electron chi connectivity index (χ0n) is 13.6. The van der Waals surface area contributed by atoms with Crippen LogP contribution in [0.4, 0.5) is 0 Å². The number of amides is 2. The molecule has 126 valence electrons. The molecule has 0 unspecified atom stereocenters. The van der Waals surface area contributed by atoms with E-state index < -0.39 is 6.04 Å². The van der Waals surface area contributed by atoms with E-state index in [2.05, 4.69) is 15.5 Å². The summed E-state index contributed by atoms with van der Waals surface area (Å²) >= 11 is 0. The lowest BCUT2D eigenvalue weighted by Gasteiger charge is -2.26. The van der Waals surface area contributed by atoms with Gasteiger partial charge in [0.2, 0.25) is 23.5 Å². The molecule has 1 aromatic heterocycles. The molecule has 1 aliphatic rings. The largest absolute Gasteiger partial charge is 0.343 e. The van der Waals surface area contributed by atoms with Crippen molar-refractivity contribution in [2.45, 2.75) is 32.2 Å². The highest BCUT2D eigenvalue weighted by Crippen LogP contribution is 2.18. The molecule has 2 aromatic rings. The molecule has 7 nitrogen and oxygen atoms in total. The Labute approximate surface area is 140 Å². The van der Waals surface area contributed by atoms with Crippen LogP contribution in [0.2, 0.25) is 0 Å². The average Bonchev–Trinajstić information content (AvgIpc) is 3.08. The third-order valence-corrected chi connectivity index (χ3v) is 3.98. The Balaban J connectivity index is 1.58. The SMILES string of the molecule is C[C@H](NC(=O)CN1CCCCC1=O)c1nc(-c2ccccc2)no1. The van der Waals surface area contributed by atoms with Crippen LogP contribution in [-0.2, 0) is 9.59 Å². The Hall–Kier alpha value is -2.70. The summed E-state index contributed by atoms with van der Waals surface area (Å²) in [5.74, 6) is 0.635. The molecule has 1 aliphatic heterocycles. The fraction of sp³-hybridized carbons (Fsp3) is 0.412. The molecule has 1 fully saturated rings. The van der Waals surface area contributed by atoms with E-state index in [1.54, 1.807) is 11.8 Å². The molecule has 2 heterocycles. The zero-order chi connectivity index (χ0) is 16.9. The van der Waals surface area contributed by atoms with Crippen LogP contribution in [0, 0.1) is 0 Å². The van der Waals surface area contributed by atoms with Gasteiger partial charge in [0.05, 0.1) is 6.54 Å². The minimum Gasteiger partial charge on any atom is -0.343 e. The minimum absolute atomic E-state index is 0.0354. The van der Waals surface area contributed by atoms with E-state index in [0.717, 1.165) is 18.4 Å². The van der Waals surface area contributed by atoms with Crippen LogP contribution in [0.3, 0.4) is 0 Å². The van der Waals surface area contributed by atoms with Crippen LogP contribution in [0.15, 0.2) is 34.9 Å². The standard InChI is InChI=1S/C17H20N4O3/c1-12(18-14(22)11-21-10-6-5-9-15(21)23)17-19-16(20-24-17)13-7-3-2-4-8-13/h2-4,7-8,12H,5-6,9-11H2,1H3,(H,18,22)/t12-/m0/s1. The maximum absolute atomic E-state index is 12.1. The first-order chi connectivity index (χ1) is 11.6. The van der Waals surface area contributed by atoms with E-state index in [9.17, 15) is 9.59 Å². The highest BCUT2D eigenvalue weighted by molar-refractivity contribution is 5.85. The number of benzene rings is 1. The van der Waals surface area contributed by atoms with Crippen molar-refractivity contribution in [2.24, 2.45) is 0 Å². The van der Waals surface area contributed by atoms with Gasteiger partial charge in [0.15, 0.2) is 0 Å². The molecule has 7 heteroatoms.